The molecule has 0 saturated heterocycles. The maximum Gasteiger partial charge on any atom is 0.225 e. The van der Waals surface area contributed by atoms with Gasteiger partial charge >= 0.3 is 0 Å². The highest BCUT2D eigenvalue weighted by Crippen LogP contribution is 2.24. The maximum atomic E-state index is 12.5. The highest BCUT2D eigenvalue weighted by molar-refractivity contribution is 6.11. The van der Waals surface area contributed by atoms with E-state index in [1.807, 2.05) is 48.5 Å². The monoisotopic (exact) mass is 263 g/mol. The van der Waals surface area contributed by atoms with E-state index in [1.54, 1.807) is 12.1 Å². The van der Waals surface area contributed by atoms with Crippen LogP contribution in [0.3, 0.4) is 0 Å². The van der Waals surface area contributed by atoms with E-state index in [-0.39, 0.29) is 5.78 Å². The second-order valence-electron chi connectivity index (χ2n) is 4.43. The predicted molar refractivity (Wildman–Crippen MR) is 78.2 cm³/mol. The molecular weight excluding hydrogens is 250 g/mol. The minimum Gasteiger partial charge on any atom is -0.480 e. The van der Waals surface area contributed by atoms with Gasteiger partial charge in [0.25, 0.3) is 0 Å². The summed E-state index contributed by atoms with van der Waals surface area (Å²) >= 11 is 0. The molecule has 0 radical (unpaired) electrons. The first kappa shape index (κ1) is 12.4. The van der Waals surface area contributed by atoms with E-state index in [0.717, 1.165) is 10.9 Å². The van der Waals surface area contributed by atoms with Gasteiger partial charge in [0.2, 0.25) is 5.88 Å². The highest BCUT2D eigenvalue weighted by Gasteiger charge is 2.16. The molecule has 0 N–H and O–H groups in total. The van der Waals surface area contributed by atoms with Gasteiger partial charge in [-0.3, -0.25) is 4.79 Å². The quantitative estimate of drug-likeness (QED) is 0.679. The Bertz CT molecular complexity index is 766. The van der Waals surface area contributed by atoms with Crippen molar-refractivity contribution in [3.63, 3.8) is 0 Å². The Hall–Kier alpha value is -2.68. The van der Waals surface area contributed by atoms with Crippen molar-refractivity contribution in [1.29, 1.82) is 0 Å². The number of hydrogen-bond donors (Lipinski definition) is 0. The van der Waals surface area contributed by atoms with E-state index in [0.29, 0.717) is 17.0 Å². The number of nitrogens with zero attached hydrogens (tertiary/aromatic N) is 1. The van der Waals surface area contributed by atoms with Gasteiger partial charge < -0.3 is 4.74 Å². The lowest BCUT2D eigenvalue weighted by molar-refractivity contribution is 0.103. The Morgan fingerprint density at radius 2 is 1.70 bits per heavy atom. The van der Waals surface area contributed by atoms with Crippen molar-refractivity contribution < 1.29 is 9.53 Å². The molecule has 0 fully saturated rings. The summed E-state index contributed by atoms with van der Waals surface area (Å²) in [5, 5.41) is 0.924. The molecular formula is C17H13NO2. The van der Waals surface area contributed by atoms with Crippen LogP contribution in [0.4, 0.5) is 0 Å². The van der Waals surface area contributed by atoms with Crippen LogP contribution in [0.15, 0.2) is 60.7 Å². The first-order valence-electron chi connectivity index (χ1n) is 6.33. The Morgan fingerprint density at radius 3 is 2.45 bits per heavy atom. The molecule has 3 heteroatoms. The predicted octanol–water partition coefficient (Wildman–Crippen LogP) is 3.47. The van der Waals surface area contributed by atoms with E-state index < -0.39 is 0 Å². The van der Waals surface area contributed by atoms with Crippen LogP contribution in [0.25, 0.3) is 10.9 Å². The van der Waals surface area contributed by atoms with Gasteiger partial charge in [0.05, 0.1) is 18.2 Å². The zero-order chi connectivity index (χ0) is 13.9. The van der Waals surface area contributed by atoms with Gasteiger partial charge in [-0.1, -0.05) is 48.5 Å². The average Bonchev–Trinajstić information content (AvgIpc) is 2.53. The molecule has 20 heavy (non-hydrogen) atoms. The molecule has 3 aromatic rings. The smallest absolute Gasteiger partial charge is 0.225 e. The summed E-state index contributed by atoms with van der Waals surface area (Å²) in [5.41, 5.74) is 1.93. The SMILES string of the molecule is COc1nc2ccccc2cc1C(=O)c1ccccc1. The molecule has 2 aromatic carbocycles. The summed E-state index contributed by atoms with van der Waals surface area (Å²) in [6.07, 6.45) is 0. The lowest BCUT2D eigenvalue weighted by atomic mass is 10.0. The third-order valence-electron chi connectivity index (χ3n) is 3.16. The van der Waals surface area contributed by atoms with Gasteiger partial charge in [-0.15, -0.1) is 0 Å². The lowest BCUT2D eigenvalue weighted by Gasteiger charge is -2.08. The van der Waals surface area contributed by atoms with Gasteiger partial charge in [0.15, 0.2) is 5.78 Å². The topological polar surface area (TPSA) is 39.2 Å². The number of ketones is 1. The van der Waals surface area contributed by atoms with Crippen LogP contribution in [-0.2, 0) is 0 Å². The summed E-state index contributed by atoms with van der Waals surface area (Å²) in [7, 11) is 1.53. The van der Waals surface area contributed by atoms with E-state index in [4.69, 9.17) is 4.74 Å². The second-order valence-corrected chi connectivity index (χ2v) is 4.43. The molecule has 1 aromatic heterocycles. The number of aromatic nitrogens is 1. The van der Waals surface area contributed by atoms with E-state index in [2.05, 4.69) is 4.98 Å². The number of rotatable bonds is 3. The number of carbonyl (C=O) groups is 1. The Morgan fingerprint density at radius 1 is 1.00 bits per heavy atom. The Balaban J connectivity index is 2.17. The molecule has 3 rings (SSSR count). The van der Waals surface area contributed by atoms with Crippen molar-refractivity contribution in [2.24, 2.45) is 0 Å². The maximum absolute atomic E-state index is 12.5. The minimum absolute atomic E-state index is 0.0827. The van der Waals surface area contributed by atoms with Crippen molar-refractivity contribution in [3.05, 3.63) is 71.8 Å². The zero-order valence-electron chi connectivity index (χ0n) is 11.0. The number of ether oxygens (including phenoxy) is 1. The van der Waals surface area contributed by atoms with Crippen LogP contribution in [0.2, 0.25) is 0 Å². The molecule has 0 aliphatic carbocycles. The molecule has 0 aliphatic rings. The van der Waals surface area contributed by atoms with Crippen molar-refractivity contribution in [2.45, 2.75) is 0 Å². The standard InChI is InChI=1S/C17H13NO2/c1-20-17-14(16(19)12-7-3-2-4-8-12)11-13-9-5-6-10-15(13)18-17/h2-11H,1H3. The number of pyridine rings is 1. The molecule has 0 bridgehead atoms. The summed E-state index contributed by atoms with van der Waals surface area (Å²) in [6.45, 7) is 0. The molecule has 0 atom stereocenters. The van der Waals surface area contributed by atoms with E-state index in [9.17, 15) is 4.79 Å². The Kier molecular flexibility index (Phi) is 3.17. The first-order valence-corrected chi connectivity index (χ1v) is 6.33. The molecule has 1 heterocycles. The molecule has 0 amide bonds. The summed E-state index contributed by atoms with van der Waals surface area (Å²) < 4.78 is 5.26. The molecule has 0 saturated carbocycles. The third-order valence-corrected chi connectivity index (χ3v) is 3.16. The largest absolute Gasteiger partial charge is 0.480 e. The number of benzene rings is 2. The molecule has 3 nitrogen and oxygen atoms in total. The van der Waals surface area contributed by atoms with Crippen LogP contribution in [0.5, 0.6) is 5.88 Å². The zero-order valence-corrected chi connectivity index (χ0v) is 11.0. The van der Waals surface area contributed by atoms with Crippen molar-refractivity contribution in [1.82, 2.24) is 4.98 Å². The first-order chi connectivity index (χ1) is 9.79. The second kappa shape index (κ2) is 5.13. The van der Waals surface area contributed by atoms with Crippen molar-refractivity contribution in [2.75, 3.05) is 7.11 Å². The minimum atomic E-state index is -0.0827. The normalized spacial score (nSPS) is 10.4. The Labute approximate surface area is 116 Å². The van der Waals surface area contributed by atoms with Crippen LogP contribution in [0.1, 0.15) is 15.9 Å². The van der Waals surface area contributed by atoms with E-state index in [1.165, 1.54) is 7.11 Å². The molecule has 0 aliphatic heterocycles. The van der Waals surface area contributed by atoms with Gasteiger partial charge in [-0.2, -0.15) is 0 Å². The fraction of sp³-hybridized carbons (Fsp3) is 0.0588. The number of fused-ring (bicyclic) bond motifs is 1. The average molecular weight is 263 g/mol. The van der Waals surface area contributed by atoms with Gasteiger partial charge in [-0.05, 0) is 12.1 Å². The number of methoxy groups -OCH3 is 1. The van der Waals surface area contributed by atoms with Gasteiger partial charge in [0.1, 0.15) is 0 Å². The molecule has 0 unspecified atom stereocenters. The van der Waals surface area contributed by atoms with Crippen LogP contribution in [-0.4, -0.2) is 17.9 Å². The van der Waals surface area contributed by atoms with Crippen molar-refractivity contribution in [3.8, 4) is 5.88 Å². The van der Waals surface area contributed by atoms with Crippen LogP contribution in [0, 0.1) is 0 Å². The summed E-state index contributed by atoms with van der Waals surface area (Å²) in [4.78, 5) is 16.9. The van der Waals surface area contributed by atoms with Crippen molar-refractivity contribution >= 4 is 16.7 Å². The van der Waals surface area contributed by atoms with Crippen LogP contribution >= 0.6 is 0 Å². The number of hydrogen-bond acceptors (Lipinski definition) is 3. The number of para-hydroxylation sites is 1. The summed E-state index contributed by atoms with van der Waals surface area (Å²) in [6, 6.07) is 18.6. The highest BCUT2D eigenvalue weighted by atomic mass is 16.5. The van der Waals surface area contributed by atoms with Crippen LogP contribution < -0.4 is 4.74 Å². The van der Waals surface area contributed by atoms with E-state index >= 15 is 0 Å². The number of carbonyl (C=O) groups excluding carboxylic acids is 1. The molecule has 0 spiro atoms. The fourth-order valence-electron chi connectivity index (χ4n) is 2.16. The fourth-order valence-corrected chi connectivity index (χ4v) is 2.16. The molecule has 98 valence electrons. The van der Waals surface area contributed by atoms with Gasteiger partial charge in [0, 0.05) is 10.9 Å². The summed E-state index contributed by atoms with van der Waals surface area (Å²) in [5.74, 6) is 0.276. The van der Waals surface area contributed by atoms with Gasteiger partial charge in [-0.25, -0.2) is 4.98 Å². The third kappa shape index (κ3) is 2.14. The lowest BCUT2D eigenvalue weighted by Crippen LogP contribution is -2.05.